The SMILES string of the molecule is Cc1ccc(S(=O)(=O)N(C(=O)C2CS(=O)(=O)CCN2)[C@@H](Cc2ccc(OC(=O)N(C)C)cc2)C(=O)O)cc1. The summed E-state index contributed by atoms with van der Waals surface area (Å²) in [6.07, 6.45) is -1.05. The summed E-state index contributed by atoms with van der Waals surface area (Å²) < 4.78 is 57.1. The molecule has 0 saturated carbocycles. The Morgan fingerprint density at radius 3 is 2.21 bits per heavy atom. The summed E-state index contributed by atoms with van der Waals surface area (Å²) in [5.74, 6) is -3.50. The molecule has 206 valence electrons. The van der Waals surface area contributed by atoms with Crippen LogP contribution in [0.15, 0.2) is 53.4 Å². The van der Waals surface area contributed by atoms with Crippen molar-refractivity contribution in [2.24, 2.45) is 0 Å². The first kappa shape index (κ1) is 29.1. The van der Waals surface area contributed by atoms with E-state index < -0.39 is 62.1 Å². The molecule has 14 heteroatoms. The van der Waals surface area contributed by atoms with E-state index in [1.54, 1.807) is 6.92 Å². The summed E-state index contributed by atoms with van der Waals surface area (Å²) in [6, 6.07) is 7.88. The van der Waals surface area contributed by atoms with Gasteiger partial charge in [0.15, 0.2) is 9.84 Å². The molecule has 12 nitrogen and oxygen atoms in total. The second-order valence-corrected chi connectivity index (χ2v) is 13.1. The molecule has 0 bridgehead atoms. The second-order valence-electron chi connectivity index (χ2n) is 9.04. The first-order valence-corrected chi connectivity index (χ1v) is 14.8. The second kappa shape index (κ2) is 11.5. The number of ether oxygens (including phenoxy) is 1. The summed E-state index contributed by atoms with van der Waals surface area (Å²) >= 11 is 0. The van der Waals surface area contributed by atoms with Crippen LogP contribution in [-0.4, -0.2) is 93.3 Å². The van der Waals surface area contributed by atoms with Gasteiger partial charge in [-0.3, -0.25) is 4.79 Å². The third-order valence-electron chi connectivity index (χ3n) is 5.81. The number of hydrogen-bond acceptors (Lipinski definition) is 9. The van der Waals surface area contributed by atoms with Gasteiger partial charge in [0.25, 0.3) is 15.9 Å². The summed E-state index contributed by atoms with van der Waals surface area (Å²) in [4.78, 5) is 38.6. The van der Waals surface area contributed by atoms with Gasteiger partial charge in [-0.2, -0.15) is 0 Å². The zero-order valence-electron chi connectivity index (χ0n) is 21.0. The summed E-state index contributed by atoms with van der Waals surface area (Å²) in [6.45, 7) is 1.65. The van der Waals surface area contributed by atoms with Crippen molar-refractivity contribution in [2.45, 2.75) is 30.3 Å². The maximum atomic E-state index is 13.7. The van der Waals surface area contributed by atoms with Crippen LogP contribution in [0.25, 0.3) is 0 Å². The average Bonchev–Trinajstić information content (AvgIpc) is 2.84. The van der Waals surface area contributed by atoms with Crippen molar-refractivity contribution in [2.75, 3.05) is 32.1 Å². The van der Waals surface area contributed by atoms with Gasteiger partial charge in [-0.25, -0.2) is 30.7 Å². The van der Waals surface area contributed by atoms with Crippen LogP contribution in [0.5, 0.6) is 5.75 Å². The van der Waals surface area contributed by atoms with Crippen molar-refractivity contribution >= 4 is 37.8 Å². The highest BCUT2D eigenvalue weighted by Crippen LogP contribution is 2.24. The molecule has 3 rings (SSSR count). The van der Waals surface area contributed by atoms with Crippen molar-refractivity contribution < 1.29 is 41.1 Å². The fourth-order valence-electron chi connectivity index (χ4n) is 3.74. The summed E-state index contributed by atoms with van der Waals surface area (Å²) in [5, 5.41) is 12.8. The number of nitrogens with one attached hydrogen (secondary N) is 1. The summed E-state index contributed by atoms with van der Waals surface area (Å²) in [5.41, 5.74) is 1.08. The quantitative estimate of drug-likeness (QED) is 0.462. The highest BCUT2D eigenvalue weighted by molar-refractivity contribution is 7.91. The van der Waals surface area contributed by atoms with Crippen LogP contribution in [0.2, 0.25) is 0 Å². The number of carbonyl (C=O) groups is 3. The van der Waals surface area contributed by atoms with Crippen molar-refractivity contribution in [1.29, 1.82) is 0 Å². The molecule has 1 saturated heterocycles. The first-order valence-electron chi connectivity index (χ1n) is 11.5. The molecular formula is C24H29N3O9S2. The van der Waals surface area contributed by atoms with Crippen LogP contribution in [0, 0.1) is 6.92 Å². The van der Waals surface area contributed by atoms with E-state index in [0.29, 0.717) is 5.56 Å². The number of carboxylic acid groups (broad SMARTS) is 1. The fraction of sp³-hybridized carbons (Fsp3) is 0.375. The van der Waals surface area contributed by atoms with Crippen LogP contribution in [-0.2, 0) is 35.9 Å². The van der Waals surface area contributed by atoms with Gasteiger partial charge in [0.05, 0.1) is 16.4 Å². The van der Waals surface area contributed by atoms with E-state index in [-0.39, 0.29) is 27.2 Å². The molecule has 1 fully saturated rings. The Kier molecular flexibility index (Phi) is 8.79. The number of carbonyl (C=O) groups excluding carboxylic acids is 2. The molecule has 0 radical (unpaired) electrons. The molecule has 1 unspecified atom stereocenters. The lowest BCUT2D eigenvalue weighted by Gasteiger charge is -2.33. The van der Waals surface area contributed by atoms with Gasteiger partial charge in [0.1, 0.15) is 17.8 Å². The van der Waals surface area contributed by atoms with Crippen LogP contribution in [0.4, 0.5) is 4.79 Å². The van der Waals surface area contributed by atoms with Gasteiger partial charge in [-0.05, 0) is 36.8 Å². The molecule has 1 heterocycles. The molecule has 0 aliphatic carbocycles. The van der Waals surface area contributed by atoms with Gasteiger partial charge in [0, 0.05) is 27.1 Å². The number of aliphatic carboxylic acids is 1. The van der Waals surface area contributed by atoms with Crippen LogP contribution < -0.4 is 10.1 Å². The predicted molar refractivity (Wildman–Crippen MR) is 137 cm³/mol. The number of benzene rings is 2. The molecule has 1 aliphatic rings. The molecule has 1 aliphatic heterocycles. The van der Waals surface area contributed by atoms with Crippen LogP contribution >= 0.6 is 0 Å². The van der Waals surface area contributed by atoms with Crippen molar-refractivity contribution in [3.63, 3.8) is 0 Å². The topological polar surface area (TPSA) is 167 Å². The Hall–Kier alpha value is -3.49. The molecule has 2 N–H and O–H groups in total. The number of aryl methyl sites for hydroxylation is 1. The largest absolute Gasteiger partial charge is 0.480 e. The third-order valence-corrected chi connectivity index (χ3v) is 9.30. The zero-order valence-corrected chi connectivity index (χ0v) is 22.7. The number of carboxylic acids is 1. The van der Waals surface area contributed by atoms with E-state index in [1.807, 2.05) is 0 Å². The Bertz CT molecular complexity index is 1410. The van der Waals surface area contributed by atoms with E-state index in [0.717, 1.165) is 5.56 Å². The Morgan fingerprint density at radius 2 is 1.68 bits per heavy atom. The standard InChI is InChI=1S/C24H29N3O9S2/c1-16-4-10-19(11-5-16)38(34,35)27(22(28)20-15-37(32,33)13-12-25-20)21(23(29)30)14-17-6-8-18(9-7-17)36-24(31)26(2)3/h4-11,20-21,25H,12-15H2,1-3H3,(H,29,30)/t20?,21-/m0/s1. The van der Waals surface area contributed by atoms with Crippen LogP contribution in [0.1, 0.15) is 11.1 Å². The maximum absolute atomic E-state index is 13.7. The minimum Gasteiger partial charge on any atom is -0.480 e. The molecule has 0 spiro atoms. The number of amides is 2. The molecule has 0 aromatic heterocycles. The highest BCUT2D eigenvalue weighted by atomic mass is 32.2. The van der Waals surface area contributed by atoms with Gasteiger partial charge in [-0.1, -0.05) is 29.8 Å². The van der Waals surface area contributed by atoms with E-state index in [4.69, 9.17) is 4.74 Å². The van der Waals surface area contributed by atoms with Crippen LogP contribution in [0.3, 0.4) is 0 Å². The number of sulfone groups is 1. The van der Waals surface area contributed by atoms with Gasteiger partial charge >= 0.3 is 12.1 Å². The van der Waals surface area contributed by atoms with E-state index in [9.17, 15) is 36.3 Å². The lowest BCUT2D eigenvalue weighted by Crippen LogP contribution is -2.59. The predicted octanol–water partition coefficient (Wildman–Crippen LogP) is 0.655. The van der Waals surface area contributed by atoms with Gasteiger partial charge in [-0.15, -0.1) is 0 Å². The van der Waals surface area contributed by atoms with Crippen molar-refractivity contribution in [3.8, 4) is 5.75 Å². The Labute approximate surface area is 221 Å². The fourth-order valence-corrected chi connectivity index (χ4v) is 6.67. The van der Waals surface area contributed by atoms with E-state index in [2.05, 4.69) is 5.32 Å². The van der Waals surface area contributed by atoms with Gasteiger partial charge in [0.2, 0.25) is 0 Å². The maximum Gasteiger partial charge on any atom is 0.414 e. The minimum atomic E-state index is -4.71. The van der Waals surface area contributed by atoms with E-state index in [1.165, 1.54) is 67.5 Å². The summed E-state index contributed by atoms with van der Waals surface area (Å²) in [7, 11) is -5.36. The number of sulfonamides is 1. The molecular weight excluding hydrogens is 538 g/mol. The average molecular weight is 568 g/mol. The van der Waals surface area contributed by atoms with Gasteiger partial charge < -0.3 is 20.1 Å². The molecule has 2 aromatic rings. The number of rotatable bonds is 8. The number of nitrogens with zero attached hydrogens (tertiary/aromatic N) is 2. The highest BCUT2D eigenvalue weighted by Gasteiger charge is 2.44. The number of hydrogen-bond donors (Lipinski definition) is 2. The molecule has 2 atom stereocenters. The smallest absolute Gasteiger partial charge is 0.414 e. The molecule has 2 amide bonds. The van der Waals surface area contributed by atoms with E-state index >= 15 is 0 Å². The zero-order chi connectivity index (χ0) is 28.3. The third kappa shape index (κ3) is 6.88. The van der Waals surface area contributed by atoms with Crippen molar-refractivity contribution in [3.05, 3.63) is 59.7 Å². The normalized spacial score (nSPS) is 17.7. The minimum absolute atomic E-state index is 0.0813. The lowest BCUT2D eigenvalue weighted by molar-refractivity contribution is -0.146. The lowest BCUT2D eigenvalue weighted by atomic mass is 10.1. The van der Waals surface area contributed by atoms with Crippen molar-refractivity contribution in [1.82, 2.24) is 14.5 Å². The molecule has 2 aromatic carbocycles. The first-order chi connectivity index (χ1) is 17.7. The Balaban J connectivity index is 2.01. The molecule has 38 heavy (non-hydrogen) atoms. The monoisotopic (exact) mass is 567 g/mol. The Morgan fingerprint density at radius 1 is 1.08 bits per heavy atom.